The van der Waals surface area contributed by atoms with Gasteiger partial charge in [-0.2, -0.15) is 0 Å². The fourth-order valence-corrected chi connectivity index (χ4v) is 2.41. The molecule has 0 amide bonds. The summed E-state index contributed by atoms with van der Waals surface area (Å²) >= 11 is 0. The molecule has 17 heavy (non-hydrogen) atoms. The summed E-state index contributed by atoms with van der Waals surface area (Å²) in [5.41, 5.74) is 0.490. The van der Waals surface area contributed by atoms with Crippen molar-refractivity contribution in [1.82, 2.24) is 4.57 Å². The Bertz CT molecular complexity index is 434. The van der Waals surface area contributed by atoms with E-state index in [1.54, 1.807) is 13.0 Å². The maximum Gasteiger partial charge on any atom is 0.343 e. The van der Waals surface area contributed by atoms with Crippen LogP contribution in [0.2, 0.25) is 0 Å². The molecule has 0 saturated carbocycles. The Kier molecular flexibility index (Phi) is 2.89. The molecular formula is C13H19NO3. The maximum absolute atomic E-state index is 11.8. The zero-order valence-electron chi connectivity index (χ0n) is 10.8. The Morgan fingerprint density at radius 3 is 3.00 bits per heavy atom. The molecule has 0 N–H and O–H groups in total. The summed E-state index contributed by atoms with van der Waals surface area (Å²) < 4.78 is 12.8. The molecule has 0 fully saturated rings. The Hall–Kier alpha value is -1.45. The van der Waals surface area contributed by atoms with Crippen LogP contribution in [-0.4, -0.2) is 23.2 Å². The average Bonchev–Trinajstić information content (AvgIpc) is 2.60. The number of carbonyl (C=O) groups is 1. The Morgan fingerprint density at radius 2 is 2.35 bits per heavy atom. The monoisotopic (exact) mass is 237 g/mol. The molecule has 1 aromatic rings. The molecule has 0 radical (unpaired) electrons. The third-order valence-corrected chi connectivity index (χ3v) is 3.09. The number of aromatic nitrogens is 1. The highest BCUT2D eigenvalue weighted by molar-refractivity contribution is 5.92. The predicted molar refractivity (Wildman–Crippen MR) is 64.4 cm³/mol. The molecule has 0 aliphatic carbocycles. The highest BCUT2D eigenvalue weighted by atomic mass is 16.5. The lowest BCUT2D eigenvalue weighted by Crippen LogP contribution is -2.38. The molecule has 0 saturated heterocycles. The molecule has 0 aromatic carbocycles. The molecule has 1 aliphatic rings. The first-order valence-electron chi connectivity index (χ1n) is 6.01. The van der Waals surface area contributed by atoms with Crippen molar-refractivity contribution >= 4 is 5.97 Å². The number of carbonyl (C=O) groups excluding carboxylic acids is 1. The van der Waals surface area contributed by atoms with Crippen molar-refractivity contribution in [2.45, 2.75) is 45.8 Å². The van der Waals surface area contributed by atoms with Crippen LogP contribution in [0.5, 0.6) is 5.88 Å². The van der Waals surface area contributed by atoms with Gasteiger partial charge in [-0.15, -0.1) is 0 Å². The highest BCUT2D eigenvalue weighted by Gasteiger charge is 2.34. The molecule has 1 atom stereocenters. The van der Waals surface area contributed by atoms with Gasteiger partial charge in [0.2, 0.25) is 5.88 Å². The van der Waals surface area contributed by atoms with Crippen LogP contribution in [0.25, 0.3) is 0 Å². The van der Waals surface area contributed by atoms with Crippen LogP contribution >= 0.6 is 0 Å². The van der Waals surface area contributed by atoms with Crippen LogP contribution in [0, 0.1) is 0 Å². The largest absolute Gasteiger partial charge is 0.475 e. The second-order valence-electron chi connectivity index (χ2n) is 5.07. The minimum absolute atomic E-state index is 0.0300. The molecule has 94 valence electrons. The number of hydrogen-bond acceptors (Lipinski definition) is 3. The highest BCUT2D eigenvalue weighted by Crippen LogP contribution is 2.37. The Balaban J connectivity index is 2.40. The molecule has 0 bridgehead atoms. The molecule has 1 aromatic heterocycles. The molecule has 2 heterocycles. The lowest BCUT2D eigenvalue weighted by molar-refractivity contribution is 0.0499. The lowest BCUT2D eigenvalue weighted by atomic mass is 9.95. The van der Waals surface area contributed by atoms with Gasteiger partial charge in [0.1, 0.15) is 5.56 Å². The fourth-order valence-electron chi connectivity index (χ4n) is 2.41. The summed E-state index contributed by atoms with van der Waals surface area (Å²) in [6.45, 7) is 8.48. The van der Waals surface area contributed by atoms with Crippen LogP contribution in [0.3, 0.4) is 0 Å². The van der Waals surface area contributed by atoms with Crippen LogP contribution in [-0.2, 0) is 10.3 Å². The third kappa shape index (κ3) is 2.04. The van der Waals surface area contributed by atoms with Crippen molar-refractivity contribution in [3.8, 4) is 5.88 Å². The second kappa shape index (κ2) is 4.09. The van der Waals surface area contributed by atoms with E-state index >= 15 is 0 Å². The summed E-state index contributed by atoms with van der Waals surface area (Å²) in [5.74, 6) is 0.318. The van der Waals surface area contributed by atoms with Gasteiger partial charge in [0.15, 0.2) is 0 Å². The number of rotatable bonds is 2. The standard InChI is InChI=1S/C13H19NO3/c1-5-16-12(15)10-6-7-14-11(10)17-9(2)8-13(14,3)4/h6-7,9H,5,8H2,1-4H3. The van der Waals surface area contributed by atoms with Crippen LogP contribution in [0.1, 0.15) is 44.5 Å². The van der Waals surface area contributed by atoms with Gasteiger partial charge in [0.25, 0.3) is 0 Å². The van der Waals surface area contributed by atoms with Crippen molar-refractivity contribution in [1.29, 1.82) is 0 Å². The smallest absolute Gasteiger partial charge is 0.343 e. The van der Waals surface area contributed by atoms with Gasteiger partial charge >= 0.3 is 5.97 Å². The first-order valence-corrected chi connectivity index (χ1v) is 6.01. The molecule has 1 unspecified atom stereocenters. The first-order chi connectivity index (χ1) is 7.95. The van der Waals surface area contributed by atoms with Crippen molar-refractivity contribution in [2.75, 3.05) is 6.61 Å². The van der Waals surface area contributed by atoms with Crippen LogP contribution in [0.15, 0.2) is 12.3 Å². The number of esters is 1. The van der Waals surface area contributed by atoms with Gasteiger partial charge in [0.05, 0.1) is 12.7 Å². The van der Waals surface area contributed by atoms with Gasteiger partial charge < -0.3 is 14.0 Å². The summed E-state index contributed by atoms with van der Waals surface area (Å²) in [6, 6.07) is 1.77. The molecule has 2 rings (SSSR count). The SMILES string of the molecule is CCOC(=O)c1ccn2c1OC(C)CC2(C)C. The molecule has 1 aliphatic heterocycles. The maximum atomic E-state index is 11.8. The van der Waals surface area contributed by atoms with E-state index < -0.39 is 0 Å². The topological polar surface area (TPSA) is 40.5 Å². The van der Waals surface area contributed by atoms with E-state index in [0.717, 1.165) is 6.42 Å². The number of hydrogen-bond donors (Lipinski definition) is 0. The van der Waals surface area contributed by atoms with Gasteiger partial charge in [0, 0.05) is 18.2 Å². The van der Waals surface area contributed by atoms with Crippen LogP contribution in [0.4, 0.5) is 0 Å². The summed E-state index contributed by atoms with van der Waals surface area (Å²) in [5, 5.41) is 0. The van der Waals surface area contributed by atoms with Crippen LogP contribution < -0.4 is 4.74 Å². The van der Waals surface area contributed by atoms with E-state index in [9.17, 15) is 4.79 Å². The van der Waals surface area contributed by atoms with E-state index in [2.05, 4.69) is 13.8 Å². The number of fused-ring (bicyclic) bond motifs is 1. The Morgan fingerprint density at radius 1 is 1.65 bits per heavy atom. The number of ether oxygens (including phenoxy) is 2. The quantitative estimate of drug-likeness (QED) is 0.742. The van der Waals surface area contributed by atoms with E-state index in [0.29, 0.717) is 18.1 Å². The third-order valence-electron chi connectivity index (χ3n) is 3.09. The van der Waals surface area contributed by atoms with E-state index in [4.69, 9.17) is 9.47 Å². The van der Waals surface area contributed by atoms with Gasteiger partial charge in [-0.1, -0.05) is 0 Å². The number of nitrogens with zero attached hydrogens (tertiary/aromatic N) is 1. The van der Waals surface area contributed by atoms with Crippen molar-refractivity contribution in [3.63, 3.8) is 0 Å². The Labute approximate surface area is 102 Å². The van der Waals surface area contributed by atoms with Crippen molar-refractivity contribution < 1.29 is 14.3 Å². The molecule has 4 nitrogen and oxygen atoms in total. The van der Waals surface area contributed by atoms with Crippen molar-refractivity contribution in [3.05, 3.63) is 17.8 Å². The predicted octanol–water partition coefficient (Wildman–Crippen LogP) is 2.57. The normalized spacial score (nSPS) is 21.5. The minimum atomic E-state index is -0.314. The second-order valence-corrected chi connectivity index (χ2v) is 5.07. The first kappa shape index (κ1) is 12.0. The summed E-state index contributed by atoms with van der Waals surface area (Å²) in [4.78, 5) is 11.8. The zero-order valence-corrected chi connectivity index (χ0v) is 10.8. The van der Waals surface area contributed by atoms with E-state index in [1.165, 1.54) is 0 Å². The lowest BCUT2D eigenvalue weighted by Gasteiger charge is -2.37. The fraction of sp³-hybridized carbons (Fsp3) is 0.615. The molecule has 0 spiro atoms. The zero-order chi connectivity index (χ0) is 12.6. The summed E-state index contributed by atoms with van der Waals surface area (Å²) in [7, 11) is 0. The van der Waals surface area contributed by atoms with E-state index in [1.807, 2.05) is 17.7 Å². The summed E-state index contributed by atoms with van der Waals surface area (Å²) in [6.07, 6.45) is 2.94. The van der Waals surface area contributed by atoms with E-state index in [-0.39, 0.29) is 17.6 Å². The average molecular weight is 237 g/mol. The van der Waals surface area contributed by atoms with Gasteiger partial charge in [-0.3, -0.25) is 0 Å². The van der Waals surface area contributed by atoms with Gasteiger partial charge in [-0.05, 0) is 33.8 Å². The minimum Gasteiger partial charge on any atom is -0.475 e. The molecular weight excluding hydrogens is 218 g/mol. The molecule has 4 heteroatoms. The van der Waals surface area contributed by atoms with Gasteiger partial charge in [-0.25, -0.2) is 4.79 Å². The van der Waals surface area contributed by atoms with Crippen molar-refractivity contribution in [2.24, 2.45) is 0 Å².